The van der Waals surface area contributed by atoms with Gasteiger partial charge in [0.1, 0.15) is 0 Å². The Morgan fingerprint density at radius 1 is 0.952 bits per heavy atom. The molecule has 2 aromatic rings. The average molecular weight is 384 g/mol. The molecule has 8 heteroatoms. The molecule has 1 aromatic heterocycles. The summed E-state index contributed by atoms with van der Waals surface area (Å²) in [7, 11) is 0. The Hall–Kier alpha value is -0.760. The fourth-order valence-corrected chi connectivity index (χ4v) is 3.10. The lowest BCUT2D eigenvalue weighted by Gasteiger charge is -2.14. The summed E-state index contributed by atoms with van der Waals surface area (Å²) >= 11 is 30.2. The molecular weight excluding hydrogens is 380 g/mol. The second kappa shape index (κ2) is 6.56. The van der Waals surface area contributed by atoms with Gasteiger partial charge in [-0.25, -0.2) is 4.98 Å². The smallest absolute Gasteiger partial charge is 0.213 e. The minimum atomic E-state index is -0.720. The van der Waals surface area contributed by atoms with Gasteiger partial charge < -0.3 is 0 Å². The zero-order valence-electron chi connectivity index (χ0n) is 10.0. The molecule has 0 saturated carbocycles. The highest BCUT2D eigenvalue weighted by atomic mass is 35.5. The molecule has 21 heavy (non-hydrogen) atoms. The molecule has 0 N–H and O–H groups in total. The molecule has 0 saturated heterocycles. The molecule has 1 aromatic carbocycles. The normalized spacial score (nSPS) is 10.5. The largest absolute Gasteiger partial charge is 0.223 e. The fraction of sp³-hybridized carbons (Fsp3) is 0.0769. The SMILES string of the molecule is N#CCc1nc(F)ccc1-c1c(Cl)c(Cl)c(Cl)c(Cl)c1Cl. The number of hydrogen-bond donors (Lipinski definition) is 0. The number of hydrogen-bond acceptors (Lipinski definition) is 2. The van der Waals surface area contributed by atoms with Crippen molar-refractivity contribution in [1.29, 1.82) is 5.26 Å². The van der Waals surface area contributed by atoms with Crippen molar-refractivity contribution in [3.8, 4) is 17.2 Å². The van der Waals surface area contributed by atoms with Crippen LogP contribution in [0.4, 0.5) is 4.39 Å². The van der Waals surface area contributed by atoms with E-state index in [4.69, 9.17) is 63.3 Å². The number of nitriles is 1. The molecule has 0 amide bonds. The Morgan fingerprint density at radius 3 is 2.00 bits per heavy atom. The molecule has 0 aliphatic heterocycles. The minimum absolute atomic E-state index is 0.0222. The Bertz CT molecular complexity index is 741. The standard InChI is InChI=1S/C13H4Cl5FN2/c14-9-8(10(15)12(17)13(18)11(9)16)5-1-2-7(19)21-6(5)3-4-20/h1-2H,3H2. The van der Waals surface area contributed by atoms with Gasteiger partial charge in [0.2, 0.25) is 5.95 Å². The Kier molecular flexibility index (Phi) is 5.19. The lowest BCUT2D eigenvalue weighted by molar-refractivity contribution is 0.579. The summed E-state index contributed by atoms with van der Waals surface area (Å²) in [6.07, 6.45) is -0.127. The van der Waals surface area contributed by atoms with Gasteiger partial charge in [-0.15, -0.1) is 0 Å². The number of nitrogens with zero attached hydrogens (tertiary/aromatic N) is 2. The number of pyridine rings is 1. The van der Waals surface area contributed by atoms with Gasteiger partial charge in [-0.05, 0) is 12.1 Å². The van der Waals surface area contributed by atoms with Crippen molar-refractivity contribution in [1.82, 2.24) is 4.98 Å². The molecule has 0 unspecified atom stereocenters. The van der Waals surface area contributed by atoms with Crippen molar-refractivity contribution in [3.05, 3.63) is 48.9 Å². The molecule has 0 spiro atoms. The molecule has 0 radical (unpaired) electrons. The maximum absolute atomic E-state index is 13.3. The lowest BCUT2D eigenvalue weighted by atomic mass is 10.0. The summed E-state index contributed by atoms with van der Waals surface area (Å²) in [6, 6.07) is 4.42. The monoisotopic (exact) mass is 382 g/mol. The molecule has 1 heterocycles. The lowest BCUT2D eigenvalue weighted by Crippen LogP contribution is -1.98. The van der Waals surface area contributed by atoms with Crippen LogP contribution in [0.3, 0.4) is 0 Å². The van der Waals surface area contributed by atoms with Crippen LogP contribution in [0.1, 0.15) is 5.69 Å². The van der Waals surface area contributed by atoms with Crippen molar-refractivity contribution in [2.45, 2.75) is 6.42 Å². The van der Waals surface area contributed by atoms with E-state index in [-0.39, 0.29) is 42.8 Å². The van der Waals surface area contributed by atoms with Crippen molar-refractivity contribution >= 4 is 58.0 Å². The first-order valence-electron chi connectivity index (χ1n) is 5.42. The number of benzene rings is 1. The molecule has 0 atom stereocenters. The third-order valence-corrected chi connectivity index (χ3v) is 4.94. The summed E-state index contributed by atoms with van der Waals surface area (Å²) in [5.41, 5.74) is 0.805. The molecule has 0 fully saturated rings. The first kappa shape index (κ1) is 16.6. The van der Waals surface area contributed by atoms with Crippen LogP contribution >= 0.6 is 58.0 Å². The van der Waals surface area contributed by atoms with Crippen molar-refractivity contribution in [2.75, 3.05) is 0 Å². The Balaban J connectivity index is 2.83. The second-order valence-electron chi connectivity index (χ2n) is 3.91. The first-order valence-corrected chi connectivity index (χ1v) is 7.31. The van der Waals surface area contributed by atoms with E-state index in [1.165, 1.54) is 6.07 Å². The predicted molar refractivity (Wildman–Crippen MR) is 84.0 cm³/mol. The third-order valence-electron chi connectivity index (χ3n) is 2.67. The highest BCUT2D eigenvalue weighted by Gasteiger charge is 2.22. The van der Waals surface area contributed by atoms with Gasteiger partial charge in [0.15, 0.2) is 0 Å². The van der Waals surface area contributed by atoms with E-state index in [1.54, 1.807) is 0 Å². The predicted octanol–water partition coefficient (Wildman–Crippen LogP) is 6.22. The molecule has 0 aliphatic rings. The van der Waals surface area contributed by atoms with E-state index in [9.17, 15) is 4.39 Å². The van der Waals surface area contributed by atoms with E-state index in [2.05, 4.69) is 4.98 Å². The van der Waals surface area contributed by atoms with E-state index >= 15 is 0 Å². The zero-order chi connectivity index (χ0) is 15.7. The van der Waals surface area contributed by atoms with Crippen molar-refractivity contribution in [2.24, 2.45) is 0 Å². The van der Waals surface area contributed by atoms with Crippen LogP contribution in [0.15, 0.2) is 12.1 Å². The van der Waals surface area contributed by atoms with Crippen LogP contribution in [0, 0.1) is 17.3 Å². The van der Waals surface area contributed by atoms with Gasteiger partial charge in [0.05, 0.1) is 43.3 Å². The summed E-state index contributed by atoms with van der Waals surface area (Å²) in [5, 5.41) is 9.01. The minimum Gasteiger partial charge on any atom is -0.223 e. The van der Waals surface area contributed by atoms with E-state index < -0.39 is 5.95 Å². The summed E-state index contributed by atoms with van der Waals surface area (Å²) in [5.74, 6) is -0.720. The molecular formula is C13H4Cl5FN2. The molecule has 0 aliphatic carbocycles. The van der Waals surface area contributed by atoms with Crippen molar-refractivity contribution in [3.63, 3.8) is 0 Å². The van der Waals surface area contributed by atoms with Crippen LogP contribution < -0.4 is 0 Å². The average Bonchev–Trinajstić information content (AvgIpc) is 2.46. The van der Waals surface area contributed by atoms with Crippen LogP contribution in [0.2, 0.25) is 25.1 Å². The van der Waals surface area contributed by atoms with Crippen LogP contribution in [0.5, 0.6) is 0 Å². The Morgan fingerprint density at radius 2 is 1.48 bits per heavy atom. The molecule has 2 rings (SSSR count). The summed E-state index contributed by atoms with van der Waals surface area (Å²) in [4.78, 5) is 3.68. The number of aromatic nitrogens is 1. The maximum Gasteiger partial charge on any atom is 0.213 e. The fourth-order valence-electron chi connectivity index (χ4n) is 1.75. The summed E-state index contributed by atoms with van der Waals surface area (Å²) < 4.78 is 13.3. The van der Waals surface area contributed by atoms with Crippen LogP contribution in [-0.4, -0.2) is 4.98 Å². The molecule has 0 bridgehead atoms. The molecule has 2 nitrogen and oxygen atoms in total. The van der Waals surface area contributed by atoms with E-state index in [0.29, 0.717) is 5.56 Å². The van der Waals surface area contributed by atoms with Gasteiger partial charge >= 0.3 is 0 Å². The van der Waals surface area contributed by atoms with Crippen LogP contribution in [0.25, 0.3) is 11.1 Å². The zero-order valence-corrected chi connectivity index (χ0v) is 13.8. The van der Waals surface area contributed by atoms with Gasteiger partial charge in [-0.2, -0.15) is 9.65 Å². The number of rotatable bonds is 2. The Labute approximate surface area is 145 Å². The third kappa shape index (κ3) is 3.06. The number of halogens is 6. The van der Waals surface area contributed by atoms with Gasteiger partial charge in [0, 0.05) is 11.1 Å². The topological polar surface area (TPSA) is 36.7 Å². The second-order valence-corrected chi connectivity index (χ2v) is 5.80. The summed E-state index contributed by atoms with van der Waals surface area (Å²) in [6.45, 7) is 0. The van der Waals surface area contributed by atoms with E-state index in [1.807, 2.05) is 6.07 Å². The highest BCUT2D eigenvalue weighted by molar-refractivity contribution is 6.56. The first-order chi connectivity index (χ1) is 9.88. The quantitative estimate of drug-likeness (QED) is 0.350. The van der Waals surface area contributed by atoms with Gasteiger partial charge in [0.25, 0.3) is 0 Å². The van der Waals surface area contributed by atoms with Gasteiger partial charge in [-0.1, -0.05) is 58.0 Å². The highest BCUT2D eigenvalue weighted by Crippen LogP contribution is 2.48. The van der Waals surface area contributed by atoms with Gasteiger partial charge in [-0.3, -0.25) is 0 Å². The van der Waals surface area contributed by atoms with Crippen LogP contribution in [-0.2, 0) is 6.42 Å². The molecule has 108 valence electrons. The van der Waals surface area contributed by atoms with E-state index in [0.717, 1.165) is 6.07 Å². The van der Waals surface area contributed by atoms with Crippen molar-refractivity contribution < 1.29 is 4.39 Å². The maximum atomic E-state index is 13.3.